The summed E-state index contributed by atoms with van der Waals surface area (Å²) in [7, 11) is -3.75. The van der Waals surface area contributed by atoms with Crippen molar-refractivity contribution in [1.29, 1.82) is 0 Å². The van der Waals surface area contributed by atoms with Crippen LogP contribution in [0.1, 0.15) is 25.3 Å². The van der Waals surface area contributed by atoms with Gasteiger partial charge in [-0.15, -0.1) is 0 Å². The molecule has 1 atom stereocenters. The first kappa shape index (κ1) is 19.8. The summed E-state index contributed by atoms with van der Waals surface area (Å²) in [6, 6.07) is 4.24. The third-order valence-corrected chi connectivity index (χ3v) is 7.53. The predicted octanol–water partition coefficient (Wildman–Crippen LogP) is 1.80. The van der Waals surface area contributed by atoms with Crippen LogP contribution in [-0.4, -0.2) is 59.6 Å². The maximum absolute atomic E-state index is 13.0. The van der Waals surface area contributed by atoms with Gasteiger partial charge in [0, 0.05) is 25.2 Å². The van der Waals surface area contributed by atoms with Crippen LogP contribution in [0.4, 0.5) is 10.5 Å². The Hall–Kier alpha value is -1.91. The molecule has 2 heterocycles. The van der Waals surface area contributed by atoms with Crippen LogP contribution < -0.4 is 5.32 Å². The van der Waals surface area contributed by atoms with E-state index >= 15 is 0 Å². The minimum absolute atomic E-state index is 0.105. The molecule has 10 heteroatoms. The van der Waals surface area contributed by atoms with Crippen LogP contribution in [0.2, 0.25) is 0 Å². The van der Waals surface area contributed by atoms with Crippen molar-refractivity contribution in [3.63, 3.8) is 0 Å². The smallest absolute Gasteiger partial charge is 0.289 e. The molecule has 0 aliphatic carbocycles. The van der Waals surface area contributed by atoms with E-state index in [9.17, 15) is 22.8 Å². The lowest BCUT2D eigenvalue weighted by atomic mass is 10.2. The topological polar surface area (TPSA) is 104 Å². The number of aryl methyl sites for hydroxylation is 1. The van der Waals surface area contributed by atoms with Crippen LogP contribution in [-0.2, 0) is 19.6 Å². The van der Waals surface area contributed by atoms with E-state index in [1.807, 2.05) is 0 Å². The highest BCUT2D eigenvalue weighted by Crippen LogP contribution is 2.30. The Labute approximate surface area is 162 Å². The molecule has 2 aliphatic rings. The maximum Gasteiger partial charge on any atom is 0.289 e. The van der Waals surface area contributed by atoms with Gasteiger partial charge in [0.2, 0.25) is 21.8 Å². The van der Waals surface area contributed by atoms with Crippen molar-refractivity contribution in [3.8, 4) is 0 Å². The molecule has 146 valence electrons. The molecule has 0 bridgehead atoms. The zero-order chi connectivity index (χ0) is 19.8. The van der Waals surface area contributed by atoms with Crippen molar-refractivity contribution in [2.24, 2.45) is 0 Å². The van der Waals surface area contributed by atoms with Gasteiger partial charge in [0.1, 0.15) is 0 Å². The number of nitrogens with zero attached hydrogens (tertiary/aromatic N) is 2. The summed E-state index contributed by atoms with van der Waals surface area (Å²) >= 11 is 0.951. The number of thioether (sulfide) groups is 1. The maximum atomic E-state index is 13.0. The molecule has 1 unspecified atom stereocenters. The number of hydrogen-bond acceptors (Lipinski definition) is 6. The highest BCUT2D eigenvalue weighted by molar-refractivity contribution is 8.14. The fourth-order valence-electron chi connectivity index (χ4n) is 3.26. The summed E-state index contributed by atoms with van der Waals surface area (Å²) in [6.45, 7) is 3.77. The van der Waals surface area contributed by atoms with E-state index in [0.717, 1.165) is 11.8 Å². The Balaban J connectivity index is 1.78. The highest BCUT2D eigenvalue weighted by Gasteiger charge is 2.42. The van der Waals surface area contributed by atoms with Gasteiger partial charge in [-0.2, -0.15) is 4.31 Å². The van der Waals surface area contributed by atoms with E-state index < -0.39 is 16.1 Å². The van der Waals surface area contributed by atoms with Crippen molar-refractivity contribution in [3.05, 3.63) is 23.8 Å². The van der Waals surface area contributed by atoms with Crippen molar-refractivity contribution in [2.45, 2.75) is 37.6 Å². The zero-order valence-electron chi connectivity index (χ0n) is 15.1. The molecule has 8 nitrogen and oxygen atoms in total. The molecule has 1 aromatic rings. The Morgan fingerprint density at radius 3 is 2.67 bits per heavy atom. The first-order valence-electron chi connectivity index (χ1n) is 8.63. The van der Waals surface area contributed by atoms with Gasteiger partial charge in [-0.3, -0.25) is 19.3 Å². The molecule has 0 aromatic heterocycles. The number of carbonyl (C=O) groups excluding carboxylic acids is 3. The Morgan fingerprint density at radius 2 is 2.07 bits per heavy atom. The quantitative estimate of drug-likeness (QED) is 0.792. The second-order valence-corrected chi connectivity index (χ2v) is 9.34. The van der Waals surface area contributed by atoms with E-state index in [0.29, 0.717) is 24.1 Å². The van der Waals surface area contributed by atoms with Crippen molar-refractivity contribution in [1.82, 2.24) is 9.21 Å². The Bertz CT molecular complexity index is 884. The van der Waals surface area contributed by atoms with Gasteiger partial charge in [-0.05, 0) is 37.1 Å². The molecule has 27 heavy (non-hydrogen) atoms. The molecule has 0 saturated carbocycles. The molecule has 3 rings (SSSR count). The van der Waals surface area contributed by atoms with Crippen LogP contribution in [0.3, 0.4) is 0 Å². The second-order valence-electron chi connectivity index (χ2n) is 6.51. The van der Waals surface area contributed by atoms with Crippen molar-refractivity contribution >= 4 is 44.5 Å². The lowest BCUT2D eigenvalue weighted by molar-refractivity contribution is -0.126. The van der Waals surface area contributed by atoms with Gasteiger partial charge in [0.15, 0.2) is 0 Å². The fraction of sp³-hybridized carbons (Fsp3) is 0.471. The summed E-state index contributed by atoms with van der Waals surface area (Å²) < 4.78 is 27.3. The third-order valence-electron chi connectivity index (χ3n) is 4.67. The van der Waals surface area contributed by atoms with Gasteiger partial charge in [0.25, 0.3) is 5.24 Å². The molecule has 1 N–H and O–H groups in total. The number of carbonyl (C=O) groups is 3. The van der Waals surface area contributed by atoms with Crippen LogP contribution >= 0.6 is 11.8 Å². The number of rotatable bonds is 5. The largest absolute Gasteiger partial charge is 0.326 e. The van der Waals surface area contributed by atoms with E-state index in [1.165, 1.54) is 15.3 Å². The zero-order valence-corrected chi connectivity index (χ0v) is 16.7. The molecular weight excluding hydrogens is 390 g/mol. The lowest BCUT2D eigenvalue weighted by Crippen LogP contribution is -2.41. The van der Waals surface area contributed by atoms with Crippen LogP contribution in [0.15, 0.2) is 23.1 Å². The molecular formula is C17H21N3O5S2. The Morgan fingerprint density at radius 1 is 1.33 bits per heavy atom. The molecule has 0 radical (unpaired) electrons. The normalized spacial score (nSPS) is 21.1. The second kappa shape index (κ2) is 7.61. The monoisotopic (exact) mass is 411 g/mol. The van der Waals surface area contributed by atoms with Crippen LogP contribution in [0, 0.1) is 6.92 Å². The molecule has 2 fully saturated rings. The van der Waals surface area contributed by atoms with E-state index in [-0.39, 0.29) is 40.8 Å². The first-order chi connectivity index (χ1) is 12.7. The average Bonchev–Trinajstić information content (AvgIpc) is 3.21. The van der Waals surface area contributed by atoms with Crippen molar-refractivity contribution < 1.29 is 22.8 Å². The van der Waals surface area contributed by atoms with Crippen LogP contribution in [0.5, 0.6) is 0 Å². The third kappa shape index (κ3) is 3.87. The molecule has 3 amide bonds. The summed E-state index contributed by atoms with van der Waals surface area (Å²) in [5.41, 5.74) is 1.07. The van der Waals surface area contributed by atoms with E-state index in [4.69, 9.17) is 0 Å². The minimum Gasteiger partial charge on any atom is -0.326 e. The number of hydrogen-bond donors (Lipinski definition) is 1. The van der Waals surface area contributed by atoms with E-state index in [2.05, 4.69) is 5.32 Å². The number of anilines is 1. The summed E-state index contributed by atoms with van der Waals surface area (Å²) in [5.74, 6) is -0.293. The van der Waals surface area contributed by atoms with Gasteiger partial charge in [0.05, 0.1) is 16.7 Å². The number of benzene rings is 1. The summed E-state index contributed by atoms with van der Waals surface area (Å²) in [4.78, 5) is 36.6. The van der Waals surface area contributed by atoms with Gasteiger partial charge >= 0.3 is 0 Å². The summed E-state index contributed by atoms with van der Waals surface area (Å²) in [6.07, 6.45) is 0.765. The number of imide groups is 1. The SMILES string of the molecule is CCC(=O)Nc1ccc(S(=O)(=O)N2CCC(N3C(=O)CSC3=O)C2)c(C)c1. The highest BCUT2D eigenvalue weighted by atomic mass is 32.2. The first-order valence-corrected chi connectivity index (χ1v) is 11.1. The number of nitrogens with one attached hydrogen (secondary N) is 1. The van der Waals surface area contributed by atoms with Gasteiger partial charge in [-0.1, -0.05) is 18.7 Å². The lowest BCUT2D eigenvalue weighted by Gasteiger charge is -2.22. The molecule has 1 aromatic carbocycles. The minimum atomic E-state index is -3.75. The molecule has 2 saturated heterocycles. The van der Waals surface area contributed by atoms with Crippen LogP contribution in [0.25, 0.3) is 0 Å². The average molecular weight is 412 g/mol. The molecule has 2 aliphatic heterocycles. The molecule has 0 spiro atoms. The fourth-order valence-corrected chi connectivity index (χ4v) is 5.74. The predicted molar refractivity (Wildman–Crippen MR) is 102 cm³/mol. The van der Waals surface area contributed by atoms with Gasteiger partial charge in [-0.25, -0.2) is 8.42 Å². The number of sulfonamides is 1. The summed E-state index contributed by atoms with van der Waals surface area (Å²) in [5, 5.41) is 2.39. The van der Waals surface area contributed by atoms with Gasteiger partial charge < -0.3 is 5.32 Å². The Kier molecular flexibility index (Phi) is 5.59. The standard InChI is InChI=1S/C17H21N3O5S2/c1-3-15(21)18-12-4-5-14(11(2)8-12)27(24,25)19-7-6-13(9-19)20-16(22)10-26-17(20)23/h4-5,8,13H,3,6-7,9-10H2,1-2H3,(H,18,21). The van der Waals surface area contributed by atoms with E-state index in [1.54, 1.807) is 26.0 Å². The number of amides is 3. The van der Waals surface area contributed by atoms with Crippen molar-refractivity contribution in [2.75, 3.05) is 24.2 Å².